The lowest BCUT2D eigenvalue weighted by Crippen LogP contribution is -2.38. The Labute approximate surface area is 101 Å². The van der Waals surface area contributed by atoms with E-state index in [0.717, 1.165) is 0 Å². The van der Waals surface area contributed by atoms with E-state index in [1.165, 1.54) is 4.68 Å². The number of alkyl halides is 3. The molecule has 3 N–H and O–H groups in total. The maximum atomic E-state index is 12.9. The molecule has 0 radical (unpaired) electrons. The fraction of sp³-hybridized carbons (Fsp3) is 0.600. The quantitative estimate of drug-likeness (QED) is 0.826. The molecule has 1 unspecified atom stereocenters. The summed E-state index contributed by atoms with van der Waals surface area (Å²) in [5.41, 5.74) is 5.38. The van der Waals surface area contributed by atoms with Gasteiger partial charge in [-0.3, -0.25) is 9.48 Å². The van der Waals surface area contributed by atoms with Crippen molar-refractivity contribution in [3.8, 4) is 0 Å². The highest BCUT2D eigenvalue weighted by atomic mass is 19.4. The highest BCUT2D eigenvalue weighted by Crippen LogP contribution is 2.38. The number of hydrogen-bond acceptors (Lipinski definition) is 3. The second-order valence-electron chi connectivity index (χ2n) is 4.12. The topological polar surface area (TPSA) is 72.9 Å². The van der Waals surface area contributed by atoms with Crippen molar-refractivity contribution in [2.75, 3.05) is 6.54 Å². The minimum Gasteiger partial charge on any atom is -0.364 e. The molecule has 0 saturated heterocycles. The fourth-order valence-corrected chi connectivity index (χ4v) is 2.22. The maximum Gasteiger partial charge on any atom is 0.398 e. The van der Waals surface area contributed by atoms with E-state index in [9.17, 15) is 18.0 Å². The minimum absolute atomic E-state index is 0.0533. The summed E-state index contributed by atoms with van der Waals surface area (Å²) in [6.45, 7) is 1.91. The number of fused-ring (bicyclic) bond motifs is 1. The van der Waals surface area contributed by atoms with E-state index in [4.69, 9.17) is 5.73 Å². The zero-order chi connectivity index (χ0) is 13.5. The summed E-state index contributed by atoms with van der Waals surface area (Å²) in [6.07, 6.45) is -4.37. The Kier molecular flexibility index (Phi) is 3.05. The van der Waals surface area contributed by atoms with Crippen LogP contribution in [0.3, 0.4) is 0 Å². The average Bonchev–Trinajstić information content (AvgIpc) is 2.66. The smallest absolute Gasteiger partial charge is 0.364 e. The number of nitrogens with zero attached hydrogens (tertiary/aromatic N) is 2. The van der Waals surface area contributed by atoms with Crippen molar-refractivity contribution < 1.29 is 18.0 Å². The largest absolute Gasteiger partial charge is 0.398 e. The maximum absolute atomic E-state index is 12.9. The molecule has 1 aliphatic heterocycles. The number of hydrogen-bond donors (Lipinski definition) is 2. The van der Waals surface area contributed by atoms with Crippen LogP contribution in [0, 0.1) is 0 Å². The molecular formula is C10H13F3N4O. The number of aromatic nitrogens is 2. The molecule has 2 rings (SSSR count). The molecule has 0 aliphatic carbocycles. The van der Waals surface area contributed by atoms with E-state index >= 15 is 0 Å². The normalized spacial score (nSPS) is 19.7. The van der Waals surface area contributed by atoms with Crippen LogP contribution in [0.15, 0.2) is 0 Å². The minimum atomic E-state index is -4.37. The molecule has 0 spiro atoms. The predicted octanol–water partition coefficient (Wildman–Crippen LogP) is 0.751. The lowest BCUT2D eigenvalue weighted by molar-refractivity contribution is -0.152. The lowest BCUT2D eigenvalue weighted by atomic mass is 9.95. The molecule has 2 heterocycles. The Bertz CT molecular complexity index is 480. The van der Waals surface area contributed by atoms with Crippen molar-refractivity contribution in [3.05, 3.63) is 17.0 Å². The Morgan fingerprint density at radius 2 is 2.28 bits per heavy atom. The predicted molar refractivity (Wildman–Crippen MR) is 56.9 cm³/mol. The van der Waals surface area contributed by atoms with E-state index in [-0.39, 0.29) is 36.6 Å². The van der Waals surface area contributed by atoms with Crippen LogP contribution in [0.1, 0.15) is 34.6 Å². The van der Waals surface area contributed by atoms with E-state index < -0.39 is 18.0 Å². The van der Waals surface area contributed by atoms with Gasteiger partial charge in [-0.2, -0.15) is 18.3 Å². The summed E-state index contributed by atoms with van der Waals surface area (Å²) < 4.78 is 40.1. The number of nitrogens with one attached hydrogen (secondary N) is 1. The molecule has 0 fully saturated rings. The molecule has 100 valence electrons. The van der Waals surface area contributed by atoms with Crippen LogP contribution in [-0.4, -0.2) is 28.4 Å². The van der Waals surface area contributed by atoms with Gasteiger partial charge in [0.25, 0.3) is 5.91 Å². The van der Waals surface area contributed by atoms with E-state index in [2.05, 4.69) is 10.4 Å². The number of carbonyl (C=O) groups is 1. The number of primary amides is 1. The van der Waals surface area contributed by atoms with Crippen LogP contribution in [-0.2, 0) is 13.1 Å². The molecule has 18 heavy (non-hydrogen) atoms. The number of halogens is 3. The number of amides is 1. The zero-order valence-corrected chi connectivity index (χ0v) is 9.71. The standard InChI is InChI=1S/C10H13F3N4O/c1-2-17-8-5(7(16-17)9(14)18)3-15-4-6(8)10(11,12)13/h6,15H,2-4H2,1H3,(H2,14,18). The first-order valence-corrected chi connectivity index (χ1v) is 5.53. The van der Waals surface area contributed by atoms with Gasteiger partial charge in [0, 0.05) is 25.2 Å². The number of aryl methyl sites for hydroxylation is 1. The second kappa shape index (κ2) is 4.27. The van der Waals surface area contributed by atoms with Gasteiger partial charge in [-0.1, -0.05) is 0 Å². The molecular weight excluding hydrogens is 249 g/mol. The van der Waals surface area contributed by atoms with Crippen LogP contribution in [0.4, 0.5) is 13.2 Å². The van der Waals surface area contributed by atoms with Crippen molar-refractivity contribution in [3.63, 3.8) is 0 Å². The SMILES string of the molecule is CCn1nc(C(N)=O)c2c1C(C(F)(F)F)CNC2. The van der Waals surface area contributed by atoms with Crippen molar-refractivity contribution >= 4 is 5.91 Å². The number of carbonyl (C=O) groups excluding carboxylic acids is 1. The van der Waals surface area contributed by atoms with Gasteiger partial charge in [0.15, 0.2) is 5.69 Å². The molecule has 0 aromatic carbocycles. The Balaban J connectivity index is 2.59. The van der Waals surface area contributed by atoms with E-state index in [0.29, 0.717) is 0 Å². The average molecular weight is 262 g/mol. The Morgan fingerprint density at radius 1 is 1.61 bits per heavy atom. The molecule has 1 amide bonds. The molecule has 8 heteroatoms. The third kappa shape index (κ3) is 1.96. The summed E-state index contributed by atoms with van der Waals surface area (Å²) >= 11 is 0. The summed E-state index contributed by atoms with van der Waals surface area (Å²) in [7, 11) is 0. The van der Waals surface area contributed by atoms with Gasteiger partial charge in [0.05, 0.1) is 5.69 Å². The second-order valence-corrected chi connectivity index (χ2v) is 4.12. The van der Waals surface area contributed by atoms with Crippen molar-refractivity contribution in [2.45, 2.75) is 32.1 Å². The molecule has 1 aromatic rings. The fourth-order valence-electron chi connectivity index (χ4n) is 2.22. The van der Waals surface area contributed by atoms with Crippen LogP contribution in [0.25, 0.3) is 0 Å². The Morgan fingerprint density at radius 3 is 2.78 bits per heavy atom. The Hall–Kier alpha value is -1.57. The highest BCUT2D eigenvalue weighted by Gasteiger charge is 2.46. The lowest BCUT2D eigenvalue weighted by Gasteiger charge is -2.27. The van der Waals surface area contributed by atoms with E-state index in [1.54, 1.807) is 6.92 Å². The molecule has 0 saturated carbocycles. The highest BCUT2D eigenvalue weighted by molar-refractivity contribution is 5.92. The van der Waals surface area contributed by atoms with Gasteiger partial charge in [0.2, 0.25) is 0 Å². The first-order valence-electron chi connectivity index (χ1n) is 5.53. The van der Waals surface area contributed by atoms with Gasteiger partial charge in [-0.05, 0) is 6.92 Å². The van der Waals surface area contributed by atoms with Gasteiger partial charge in [-0.25, -0.2) is 0 Å². The van der Waals surface area contributed by atoms with Crippen LogP contribution < -0.4 is 11.1 Å². The van der Waals surface area contributed by atoms with E-state index in [1.807, 2.05) is 0 Å². The monoisotopic (exact) mass is 262 g/mol. The van der Waals surface area contributed by atoms with Crippen molar-refractivity contribution in [1.82, 2.24) is 15.1 Å². The summed E-state index contributed by atoms with van der Waals surface area (Å²) in [5, 5.41) is 6.52. The zero-order valence-electron chi connectivity index (χ0n) is 9.71. The van der Waals surface area contributed by atoms with Crippen LogP contribution in [0.2, 0.25) is 0 Å². The third-order valence-electron chi connectivity index (χ3n) is 3.00. The molecule has 0 bridgehead atoms. The summed E-state index contributed by atoms with van der Waals surface area (Å²) in [4.78, 5) is 11.2. The molecule has 1 aromatic heterocycles. The first kappa shape index (κ1) is 12.9. The number of nitrogens with two attached hydrogens (primary N) is 1. The number of rotatable bonds is 2. The summed E-state index contributed by atoms with van der Waals surface area (Å²) in [5.74, 6) is -2.45. The summed E-state index contributed by atoms with van der Waals surface area (Å²) in [6, 6.07) is 0. The van der Waals surface area contributed by atoms with Gasteiger partial charge in [-0.15, -0.1) is 0 Å². The first-order chi connectivity index (χ1) is 8.36. The van der Waals surface area contributed by atoms with Gasteiger partial charge in [0.1, 0.15) is 5.92 Å². The van der Waals surface area contributed by atoms with Crippen molar-refractivity contribution in [2.24, 2.45) is 5.73 Å². The van der Waals surface area contributed by atoms with Gasteiger partial charge < -0.3 is 11.1 Å². The molecule has 1 aliphatic rings. The third-order valence-corrected chi connectivity index (χ3v) is 3.00. The molecule has 1 atom stereocenters. The van der Waals surface area contributed by atoms with Gasteiger partial charge >= 0.3 is 6.18 Å². The van der Waals surface area contributed by atoms with Crippen LogP contribution >= 0.6 is 0 Å². The molecule has 5 nitrogen and oxygen atoms in total. The van der Waals surface area contributed by atoms with Crippen LogP contribution in [0.5, 0.6) is 0 Å². The van der Waals surface area contributed by atoms with Crippen molar-refractivity contribution in [1.29, 1.82) is 0 Å².